The van der Waals surface area contributed by atoms with Gasteiger partial charge in [0, 0.05) is 10.5 Å². The van der Waals surface area contributed by atoms with Crippen molar-refractivity contribution in [1.82, 2.24) is 5.32 Å². The highest BCUT2D eigenvalue weighted by atomic mass is 79.9. The Morgan fingerprint density at radius 2 is 1.63 bits per heavy atom. The van der Waals surface area contributed by atoms with Crippen LogP contribution in [0.5, 0.6) is 0 Å². The minimum atomic E-state index is 0.355. The third kappa shape index (κ3) is 3.46. The van der Waals surface area contributed by atoms with Gasteiger partial charge in [-0.05, 0) is 49.6 Å². The summed E-state index contributed by atoms with van der Waals surface area (Å²) in [5.74, 6) is 0. The Labute approximate surface area is 124 Å². The summed E-state index contributed by atoms with van der Waals surface area (Å²) < 4.78 is 1.21. The summed E-state index contributed by atoms with van der Waals surface area (Å²) in [5.41, 5.74) is 5.30. The average molecular weight is 318 g/mol. The van der Waals surface area contributed by atoms with Crippen molar-refractivity contribution in [2.45, 2.75) is 26.3 Å². The van der Waals surface area contributed by atoms with Crippen LogP contribution in [0.25, 0.3) is 0 Å². The highest BCUT2D eigenvalue weighted by Crippen LogP contribution is 2.27. The van der Waals surface area contributed by atoms with Crippen molar-refractivity contribution in [3.8, 4) is 0 Å². The standard InChI is InChI=1S/C17H20BrN/c1-12-9-15(10-13(2)17(12)18)16(19-3)11-14-7-5-4-6-8-14/h4-10,16,19H,11H2,1-3H3. The molecule has 0 aliphatic rings. The summed E-state index contributed by atoms with van der Waals surface area (Å²) in [6.07, 6.45) is 1.01. The van der Waals surface area contributed by atoms with Gasteiger partial charge in [-0.15, -0.1) is 0 Å². The number of aryl methyl sites for hydroxylation is 2. The lowest BCUT2D eigenvalue weighted by Gasteiger charge is -2.19. The fraction of sp³-hybridized carbons (Fsp3) is 0.294. The molecule has 0 radical (unpaired) electrons. The fourth-order valence-electron chi connectivity index (χ4n) is 2.42. The Hall–Kier alpha value is -1.12. The van der Waals surface area contributed by atoms with Gasteiger partial charge in [-0.2, -0.15) is 0 Å². The molecule has 1 nitrogen and oxygen atoms in total. The molecule has 1 N–H and O–H groups in total. The van der Waals surface area contributed by atoms with Crippen LogP contribution in [0.2, 0.25) is 0 Å². The lowest BCUT2D eigenvalue weighted by atomic mass is 9.96. The molecule has 2 aromatic carbocycles. The number of benzene rings is 2. The maximum Gasteiger partial charge on any atom is 0.0358 e. The zero-order valence-electron chi connectivity index (χ0n) is 11.7. The van der Waals surface area contributed by atoms with E-state index >= 15 is 0 Å². The van der Waals surface area contributed by atoms with E-state index in [1.54, 1.807) is 0 Å². The summed E-state index contributed by atoms with van der Waals surface area (Å²) in [6.45, 7) is 4.30. The van der Waals surface area contributed by atoms with Crippen molar-refractivity contribution in [3.05, 3.63) is 69.2 Å². The van der Waals surface area contributed by atoms with Gasteiger partial charge in [-0.1, -0.05) is 58.4 Å². The average Bonchev–Trinajstić information content (AvgIpc) is 2.42. The molecule has 0 aromatic heterocycles. The molecule has 0 saturated heterocycles. The molecule has 0 aliphatic carbocycles. The highest BCUT2D eigenvalue weighted by Gasteiger charge is 2.12. The Morgan fingerprint density at radius 3 is 2.16 bits per heavy atom. The number of halogens is 1. The minimum Gasteiger partial charge on any atom is -0.313 e. The summed E-state index contributed by atoms with van der Waals surface area (Å²) >= 11 is 3.63. The van der Waals surface area contributed by atoms with E-state index in [2.05, 4.69) is 77.6 Å². The van der Waals surface area contributed by atoms with Crippen molar-refractivity contribution in [1.29, 1.82) is 0 Å². The maximum absolute atomic E-state index is 3.63. The van der Waals surface area contributed by atoms with Crippen LogP contribution in [-0.4, -0.2) is 7.05 Å². The molecular formula is C17H20BrN. The van der Waals surface area contributed by atoms with Gasteiger partial charge in [-0.3, -0.25) is 0 Å². The lowest BCUT2D eigenvalue weighted by molar-refractivity contribution is 0.591. The Morgan fingerprint density at radius 1 is 1.05 bits per heavy atom. The second kappa shape index (κ2) is 6.36. The smallest absolute Gasteiger partial charge is 0.0358 e. The van der Waals surface area contributed by atoms with E-state index in [-0.39, 0.29) is 0 Å². The van der Waals surface area contributed by atoms with Crippen LogP contribution in [0.3, 0.4) is 0 Å². The molecule has 0 fully saturated rings. The fourth-order valence-corrected chi connectivity index (χ4v) is 2.65. The third-order valence-electron chi connectivity index (χ3n) is 3.49. The van der Waals surface area contributed by atoms with E-state index < -0.39 is 0 Å². The second-order valence-corrected chi connectivity index (χ2v) is 5.79. The molecule has 100 valence electrons. The topological polar surface area (TPSA) is 12.0 Å². The van der Waals surface area contributed by atoms with Gasteiger partial charge in [0.2, 0.25) is 0 Å². The van der Waals surface area contributed by atoms with Crippen LogP contribution in [0, 0.1) is 13.8 Å². The molecule has 1 atom stereocenters. The zero-order chi connectivity index (χ0) is 13.8. The molecule has 0 bridgehead atoms. The molecule has 0 amide bonds. The van der Waals surface area contributed by atoms with E-state index in [1.807, 2.05) is 7.05 Å². The Bertz CT molecular complexity index is 525. The second-order valence-electron chi connectivity index (χ2n) is 5.00. The van der Waals surface area contributed by atoms with Gasteiger partial charge in [0.1, 0.15) is 0 Å². The van der Waals surface area contributed by atoms with Gasteiger partial charge in [0.05, 0.1) is 0 Å². The monoisotopic (exact) mass is 317 g/mol. The molecule has 0 spiro atoms. The van der Waals surface area contributed by atoms with Crippen LogP contribution in [0.4, 0.5) is 0 Å². The van der Waals surface area contributed by atoms with Crippen molar-refractivity contribution < 1.29 is 0 Å². The van der Waals surface area contributed by atoms with E-state index in [1.165, 1.54) is 26.7 Å². The number of nitrogens with one attached hydrogen (secondary N) is 1. The quantitative estimate of drug-likeness (QED) is 0.871. The maximum atomic E-state index is 3.63. The first-order valence-electron chi connectivity index (χ1n) is 6.59. The highest BCUT2D eigenvalue weighted by molar-refractivity contribution is 9.10. The third-order valence-corrected chi connectivity index (χ3v) is 4.74. The Balaban J connectivity index is 2.27. The summed E-state index contributed by atoms with van der Waals surface area (Å²) in [5, 5.41) is 3.43. The Kier molecular flexibility index (Phi) is 4.78. The van der Waals surface area contributed by atoms with Crippen molar-refractivity contribution >= 4 is 15.9 Å². The number of hydrogen-bond acceptors (Lipinski definition) is 1. The molecule has 2 heteroatoms. The van der Waals surface area contributed by atoms with Gasteiger partial charge < -0.3 is 5.32 Å². The van der Waals surface area contributed by atoms with Crippen LogP contribution in [0.15, 0.2) is 46.9 Å². The van der Waals surface area contributed by atoms with Crippen LogP contribution in [-0.2, 0) is 6.42 Å². The first-order valence-corrected chi connectivity index (χ1v) is 7.39. The predicted octanol–water partition coefficient (Wildman–Crippen LogP) is 4.57. The first-order chi connectivity index (χ1) is 9.11. The predicted molar refractivity (Wildman–Crippen MR) is 85.6 cm³/mol. The summed E-state index contributed by atoms with van der Waals surface area (Å²) in [7, 11) is 2.03. The van der Waals surface area contributed by atoms with E-state index in [0.717, 1.165) is 6.42 Å². The van der Waals surface area contributed by atoms with Gasteiger partial charge in [0.15, 0.2) is 0 Å². The molecule has 2 aromatic rings. The molecule has 19 heavy (non-hydrogen) atoms. The van der Waals surface area contributed by atoms with Crippen LogP contribution >= 0.6 is 15.9 Å². The SMILES string of the molecule is CNC(Cc1ccccc1)c1cc(C)c(Br)c(C)c1. The largest absolute Gasteiger partial charge is 0.313 e. The number of hydrogen-bond donors (Lipinski definition) is 1. The summed E-state index contributed by atoms with van der Waals surface area (Å²) in [6, 6.07) is 15.5. The molecular weight excluding hydrogens is 298 g/mol. The number of rotatable bonds is 4. The van der Waals surface area contributed by atoms with Gasteiger partial charge >= 0.3 is 0 Å². The van der Waals surface area contributed by atoms with E-state index in [9.17, 15) is 0 Å². The van der Waals surface area contributed by atoms with Gasteiger partial charge in [-0.25, -0.2) is 0 Å². The van der Waals surface area contributed by atoms with E-state index in [4.69, 9.17) is 0 Å². The van der Waals surface area contributed by atoms with Crippen molar-refractivity contribution in [3.63, 3.8) is 0 Å². The number of likely N-dealkylation sites (N-methyl/N-ethyl adjacent to an activating group) is 1. The molecule has 0 aliphatic heterocycles. The first kappa shape index (κ1) is 14.3. The van der Waals surface area contributed by atoms with Gasteiger partial charge in [0.25, 0.3) is 0 Å². The van der Waals surface area contributed by atoms with Crippen LogP contribution in [0.1, 0.15) is 28.3 Å². The van der Waals surface area contributed by atoms with Crippen molar-refractivity contribution in [2.24, 2.45) is 0 Å². The summed E-state index contributed by atoms with van der Waals surface area (Å²) in [4.78, 5) is 0. The molecule has 0 heterocycles. The molecule has 2 rings (SSSR count). The molecule has 0 saturated carbocycles. The van der Waals surface area contributed by atoms with E-state index in [0.29, 0.717) is 6.04 Å². The normalized spacial score (nSPS) is 12.4. The minimum absolute atomic E-state index is 0.355. The zero-order valence-corrected chi connectivity index (χ0v) is 13.3. The van der Waals surface area contributed by atoms with Crippen molar-refractivity contribution in [2.75, 3.05) is 7.05 Å². The lowest BCUT2D eigenvalue weighted by Crippen LogP contribution is -2.19. The molecule has 1 unspecified atom stereocenters. The van der Waals surface area contributed by atoms with Crippen LogP contribution < -0.4 is 5.32 Å².